The molecule has 2 heterocycles. The average Bonchev–Trinajstić information content (AvgIpc) is 3.50. The molecule has 0 spiro atoms. The molecule has 8 nitrogen and oxygen atoms in total. The third kappa shape index (κ3) is 6.50. The number of amides is 1. The Morgan fingerprint density at radius 1 is 1.18 bits per heavy atom. The summed E-state index contributed by atoms with van der Waals surface area (Å²) in [5, 5.41) is 3.32. The summed E-state index contributed by atoms with van der Waals surface area (Å²) in [5.74, 6) is -0.894. The Bertz CT molecular complexity index is 1340. The second kappa shape index (κ2) is 11.9. The molecule has 3 aromatic rings. The molecule has 1 aliphatic heterocycles. The number of benzene rings is 2. The van der Waals surface area contributed by atoms with E-state index in [0.29, 0.717) is 40.2 Å². The van der Waals surface area contributed by atoms with Crippen molar-refractivity contribution in [3.63, 3.8) is 0 Å². The molecule has 208 valence electrons. The van der Waals surface area contributed by atoms with Crippen LogP contribution in [0.5, 0.6) is 0 Å². The summed E-state index contributed by atoms with van der Waals surface area (Å²) in [5.41, 5.74) is 2.00. The molecule has 1 saturated carbocycles. The van der Waals surface area contributed by atoms with Crippen molar-refractivity contribution < 1.29 is 32.3 Å². The van der Waals surface area contributed by atoms with E-state index in [4.69, 9.17) is 25.5 Å². The molecule has 1 aliphatic carbocycles. The molecule has 2 aromatic carbocycles. The minimum absolute atomic E-state index is 0.0133. The maximum absolute atomic E-state index is 14.3. The number of carbonyl (C=O) groups is 2. The summed E-state index contributed by atoms with van der Waals surface area (Å²) < 4.78 is 44.2. The predicted octanol–water partition coefficient (Wildman–Crippen LogP) is 5.59. The number of likely N-dealkylation sites (tertiary alicyclic amines) is 1. The van der Waals surface area contributed by atoms with E-state index in [1.54, 1.807) is 23.1 Å². The summed E-state index contributed by atoms with van der Waals surface area (Å²) in [6.45, 7) is 0.297. The molecule has 5 rings (SSSR count). The summed E-state index contributed by atoms with van der Waals surface area (Å²) in [6, 6.07) is 8.99. The number of nitrogens with zero attached hydrogens (tertiary/aromatic N) is 2. The first-order valence-electron chi connectivity index (χ1n) is 13.0. The lowest BCUT2D eigenvalue weighted by atomic mass is 9.87. The standard InChI is InChI=1S/C28H30ClF2N3O5/c1-37-27(36)17-3-6-21(7-4-17)38-15-20-12-19(31)14-34(20)26(35)11-16-2-8-23(22(29)10-16)32-28-33-24-13-18(30)5-9-25(24)39-28/h2,5,8-10,13,17,19-21H,3-4,6-7,11-12,14-15H2,1H3,(H,32,33)/t17?,19-,20-,21?/m0/s1. The Morgan fingerprint density at radius 2 is 1.97 bits per heavy atom. The zero-order chi connectivity index (χ0) is 27.5. The number of oxazole rings is 1. The fraction of sp³-hybridized carbons (Fsp3) is 0.464. The minimum atomic E-state index is -1.10. The second-order valence-corrected chi connectivity index (χ2v) is 10.5. The van der Waals surface area contributed by atoms with Crippen LogP contribution in [0.2, 0.25) is 5.02 Å². The monoisotopic (exact) mass is 561 g/mol. The first-order chi connectivity index (χ1) is 18.8. The van der Waals surface area contributed by atoms with Gasteiger partial charge in [0, 0.05) is 12.5 Å². The Morgan fingerprint density at radius 3 is 2.72 bits per heavy atom. The fourth-order valence-corrected chi connectivity index (χ4v) is 5.57. The number of hydrogen-bond donors (Lipinski definition) is 1. The molecule has 1 amide bonds. The Balaban J connectivity index is 1.16. The second-order valence-electron chi connectivity index (χ2n) is 10.1. The van der Waals surface area contributed by atoms with Crippen LogP contribution in [0.25, 0.3) is 11.1 Å². The molecule has 0 radical (unpaired) electrons. The van der Waals surface area contributed by atoms with Crippen molar-refractivity contribution in [3.8, 4) is 0 Å². The van der Waals surface area contributed by atoms with Gasteiger partial charge in [0.2, 0.25) is 5.91 Å². The maximum atomic E-state index is 14.3. The third-order valence-electron chi connectivity index (χ3n) is 7.40. The van der Waals surface area contributed by atoms with Crippen molar-refractivity contribution in [3.05, 3.63) is 52.8 Å². The lowest BCUT2D eigenvalue weighted by Crippen LogP contribution is -2.40. The molecule has 2 aliphatic rings. The summed E-state index contributed by atoms with van der Waals surface area (Å²) >= 11 is 6.45. The number of alkyl halides is 1. The van der Waals surface area contributed by atoms with Gasteiger partial charge in [0.15, 0.2) is 5.58 Å². The van der Waals surface area contributed by atoms with Gasteiger partial charge in [0.1, 0.15) is 17.5 Å². The molecule has 2 atom stereocenters. The molecule has 39 heavy (non-hydrogen) atoms. The zero-order valence-electron chi connectivity index (χ0n) is 21.5. The molecule has 1 N–H and O–H groups in total. The minimum Gasteiger partial charge on any atom is -0.469 e. The number of rotatable bonds is 8. The molecule has 1 aromatic heterocycles. The lowest BCUT2D eigenvalue weighted by Gasteiger charge is -2.30. The van der Waals surface area contributed by atoms with E-state index in [0.717, 1.165) is 12.8 Å². The van der Waals surface area contributed by atoms with Crippen LogP contribution in [0.1, 0.15) is 37.7 Å². The van der Waals surface area contributed by atoms with E-state index in [1.807, 2.05) is 0 Å². The quantitative estimate of drug-likeness (QED) is 0.358. The number of ether oxygens (including phenoxy) is 2. The highest BCUT2D eigenvalue weighted by atomic mass is 35.5. The number of carbonyl (C=O) groups excluding carboxylic acids is 2. The van der Waals surface area contributed by atoms with Gasteiger partial charge in [0.25, 0.3) is 6.01 Å². The highest BCUT2D eigenvalue weighted by Gasteiger charge is 2.36. The van der Waals surface area contributed by atoms with E-state index in [9.17, 15) is 18.4 Å². The van der Waals surface area contributed by atoms with Gasteiger partial charge in [-0.3, -0.25) is 9.59 Å². The van der Waals surface area contributed by atoms with Crippen molar-refractivity contribution in [1.82, 2.24) is 9.88 Å². The largest absolute Gasteiger partial charge is 0.469 e. The number of esters is 1. The van der Waals surface area contributed by atoms with Crippen LogP contribution in [0.4, 0.5) is 20.5 Å². The molecular formula is C28H30ClF2N3O5. The van der Waals surface area contributed by atoms with Gasteiger partial charge in [-0.1, -0.05) is 17.7 Å². The van der Waals surface area contributed by atoms with Crippen molar-refractivity contribution in [2.75, 3.05) is 25.6 Å². The van der Waals surface area contributed by atoms with Crippen LogP contribution in [0.3, 0.4) is 0 Å². The number of fused-ring (bicyclic) bond motifs is 1. The zero-order valence-corrected chi connectivity index (χ0v) is 22.3. The van der Waals surface area contributed by atoms with Gasteiger partial charge >= 0.3 is 5.97 Å². The van der Waals surface area contributed by atoms with Crippen molar-refractivity contribution in [2.45, 2.75) is 56.8 Å². The maximum Gasteiger partial charge on any atom is 0.308 e. The van der Waals surface area contributed by atoms with Gasteiger partial charge < -0.3 is 24.1 Å². The summed E-state index contributed by atoms with van der Waals surface area (Å²) in [7, 11) is 1.40. The first kappa shape index (κ1) is 27.3. The SMILES string of the molecule is COC(=O)C1CCC(OC[C@@H]2C[C@H](F)CN2C(=O)Cc2ccc(Nc3nc4cc(F)ccc4o3)c(Cl)c2)CC1. The lowest BCUT2D eigenvalue weighted by molar-refractivity contribution is -0.148. The normalized spacial score (nSPS) is 23.2. The molecule has 0 unspecified atom stereocenters. The third-order valence-corrected chi connectivity index (χ3v) is 7.71. The van der Waals surface area contributed by atoms with Crippen molar-refractivity contribution >= 4 is 46.3 Å². The van der Waals surface area contributed by atoms with Gasteiger partial charge in [0.05, 0.1) is 55.5 Å². The van der Waals surface area contributed by atoms with Crippen LogP contribution >= 0.6 is 11.6 Å². The van der Waals surface area contributed by atoms with Crippen LogP contribution in [-0.4, -0.2) is 60.3 Å². The summed E-state index contributed by atoms with van der Waals surface area (Å²) in [6.07, 6.45) is 2.06. The average molecular weight is 562 g/mol. The van der Waals surface area contributed by atoms with Gasteiger partial charge in [-0.25, -0.2) is 8.78 Å². The van der Waals surface area contributed by atoms with E-state index in [-0.39, 0.29) is 61.9 Å². The topological polar surface area (TPSA) is 93.9 Å². The van der Waals surface area contributed by atoms with Crippen LogP contribution in [-0.2, 0) is 25.5 Å². The van der Waals surface area contributed by atoms with Crippen LogP contribution < -0.4 is 5.32 Å². The number of methoxy groups -OCH3 is 1. The van der Waals surface area contributed by atoms with Gasteiger partial charge in [-0.2, -0.15) is 4.98 Å². The summed E-state index contributed by atoms with van der Waals surface area (Å²) in [4.78, 5) is 30.6. The molecular weight excluding hydrogens is 532 g/mol. The first-order valence-corrected chi connectivity index (χ1v) is 13.4. The number of anilines is 2. The molecule has 11 heteroatoms. The Kier molecular flexibility index (Phi) is 8.32. The number of hydrogen-bond acceptors (Lipinski definition) is 7. The highest BCUT2D eigenvalue weighted by molar-refractivity contribution is 6.33. The van der Waals surface area contributed by atoms with Crippen molar-refractivity contribution in [2.24, 2.45) is 5.92 Å². The van der Waals surface area contributed by atoms with E-state index in [2.05, 4.69) is 10.3 Å². The van der Waals surface area contributed by atoms with E-state index >= 15 is 0 Å². The fourth-order valence-electron chi connectivity index (χ4n) is 5.32. The van der Waals surface area contributed by atoms with Gasteiger partial charge in [-0.05, 0) is 55.5 Å². The van der Waals surface area contributed by atoms with Gasteiger partial charge in [-0.15, -0.1) is 0 Å². The predicted molar refractivity (Wildman–Crippen MR) is 141 cm³/mol. The smallest absolute Gasteiger partial charge is 0.308 e. The number of aromatic nitrogens is 1. The molecule has 2 fully saturated rings. The highest BCUT2D eigenvalue weighted by Crippen LogP contribution is 2.31. The van der Waals surface area contributed by atoms with E-state index in [1.165, 1.54) is 25.3 Å². The van der Waals surface area contributed by atoms with Crippen LogP contribution in [0.15, 0.2) is 40.8 Å². The Hall–Kier alpha value is -3.24. The Labute approximate surface area is 229 Å². The van der Waals surface area contributed by atoms with Crippen LogP contribution in [0, 0.1) is 11.7 Å². The van der Waals surface area contributed by atoms with E-state index < -0.39 is 12.0 Å². The number of nitrogens with one attached hydrogen (secondary N) is 1. The number of halogens is 3. The van der Waals surface area contributed by atoms with Crippen molar-refractivity contribution in [1.29, 1.82) is 0 Å². The molecule has 1 saturated heterocycles. The molecule has 0 bridgehead atoms.